The fourth-order valence-electron chi connectivity index (χ4n) is 4.50. The highest BCUT2D eigenvalue weighted by molar-refractivity contribution is 5.69. The van der Waals surface area contributed by atoms with Crippen LogP contribution in [0.1, 0.15) is 142 Å². The minimum Gasteiger partial charge on any atom is -0.480 e. The molecule has 0 bridgehead atoms. The quantitative estimate of drug-likeness (QED) is 0.116. The molecule has 31 heavy (non-hydrogen) atoms. The maximum absolute atomic E-state index is 11.3. The van der Waals surface area contributed by atoms with Gasteiger partial charge in [0, 0.05) is 6.04 Å². The van der Waals surface area contributed by atoms with E-state index in [1.165, 1.54) is 103 Å². The lowest BCUT2D eigenvalue weighted by Crippen LogP contribution is -2.40. The molecule has 4 nitrogen and oxygen atoms in total. The molecule has 0 unspecified atom stereocenters. The zero-order valence-electron chi connectivity index (χ0n) is 20.9. The van der Waals surface area contributed by atoms with E-state index in [4.69, 9.17) is 0 Å². The van der Waals surface area contributed by atoms with E-state index in [0.29, 0.717) is 0 Å². The Labute approximate surface area is 193 Å². The van der Waals surface area contributed by atoms with Crippen LogP contribution in [0.25, 0.3) is 0 Å². The average Bonchev–Trinajstić information content (AvgIpc) is 2.74. The minimum atomic E-state index is -0.828. The summed E-state index contributed by atoms with van der Waals surface area (Å²) in [5.74, 6) is -0.828. The van der Waals surface area contributed by atoms with Crippen LogP contribution in [0.4, 0.5) is 0 Å². The summed E-state index contributed by atoms with van der Waals surface area (Å²) in [6.45, 7) is 4.73. The summed E-state index contributed by atoms with van der Waals surface area (Å²) in [6.07, 6.45) is 26.3. The molecule has 184 valence electrons. The minimum absolute atomic E-state index is 0.0156. The average molecular weight is 440 g/mol. The first kappa shape index (κ1) is 30.1. The molecule has 4 heteroatoms. The first-order valence-corrected chi connectivity index (χ1v) is 13.5. The molecule has 1 N–H and O–H groups in total. The van der Waals surface area contributed by atoms with Crippen molar-refractivity contribution < 1.29 is 14.7 Å². The topological polar surface area (TPSA) is 57.6 Å². The van der Waals surface area contributed by atoms with Crippen molar-refractivity contribution in [3.63, 3.8) is 0 Å². The van der Waals surface area contributed by atoms with Gasteiger partial charge in [0.25, 0.3) is 0 Å². The Bertz CT molecular complexity index is 378. The van der Waals surface area contributed by atoms with E-state index in [-0.39, 0.29) is 19.1 Å². The summed E-state index contributed by atoms with van der Waals surface area (Å²) in [5, 5.41) is 9.26. The fourth-order valence-corrected chi connectivity index (χ4v) is 4.50. The Morgan fingerprint density at radius 3 is 1.35 bits per heavy atom. The Kier molecular flexibility index (Phi) is 23.1. The summed E-state index contributed by atoms with van der Waals surface area (Å²) >= 11 is 0. The molecule has 0 saturated carbocycles. The molecule has 0 spiro atoms. The van der Waals surface area contributed by atoms with E-state index in [1.807, 2.05) is 4.90 Å². The number of carbonyl (C=O) groups is 2. The second-order valence-corrected chi connectivity index (χ2v) is 9.38. The van der Waals surface area contributed by atoms with Gasteiger partial charge in [-0.25, -0.2) is 0 Å². The summed E-state index contributed by atoms with van der Waals surface area (Å²) in [5.41, 5.74) is 0. The molecular weight excluding hydrogens is 386 g/mol. The first-order chi connectivity index (χ1) is 15.2. The molecule has 0 amide bonds. The van der Waals surface area contributed by atoms with Crippen molar-refractivity contribution in [3.05, 3.63) is 0 Å². The molecule has 0 heterocycles. The Morgan fingerprint density at radius 2 is 1.03 bits per heavy atom. The third-order valence-electron chi connectivity index (χ3n) is 6.45. The van der Waals surface area contributed by atoms with Crippen LogP contribution >= 0.6 is 0 Å². The van der Waals surface area contributed by atoms with E-state index in [0.717, 1.165) is 32.0 Å². The number of hydrogen-bond acceptors (Lipinski definition) is 3. The molecule has 0 fully saturated rings. The van der Waals surface area contributed by atoms with Gasteiger partial charge in [-0.3, -0.25) is 9.69 Å². The normalized spacial score (nSPS) is 11.5. The Balaban J connectivity index is 4.16. The number of hydrogen-bond donors (Lipinski definition) is 1. The van der Waals surface area contributed by atoms with Crippen LogP contribution in [0.15, 0.2) is 0 Å². The zero-order valence-corrected chi connectivity index (χ0v) is 20.9. The van der Waals surface area contributed by atoms with Gasteiger partial charge >= 0.3 is 5.97 Å². The molecule has 0 aliphatic carbocycles. The van der Waals surface area contributed by atoms with E-state index in [2.05, 4.69) is 13.8 Å². The molecule has 0 saturated heterocycles. The van der Waals surface area contributed by atoms with Crippen LogP contribution < -0.4 is 0 Å². The second kappa shape index (κ2) is 23.8. The summed E-state index contributed by atoms with van der Waals surface area (Å²) in [7, 11) is 0. The van der Waals surface area contributed by atoms with Gasteiger partial charge in [-0.2, -0.15) is 0 Å². The van der Waals surface area contributed by atoms with Gasteiger partial charge in [-0.05, 0) is 12.8 Å². The highest BCUT2D eigenvalue weighted by atomic mass is 16.4. The summed E-state index contributed by atoms with van der Waals surface area (Å²) in [6, 6.07) is 0.232. The van der Waals surface area contributed by atoms with Gasteiger partial charge in [0.1, 0.15) is 6.29 Å². The molecular formula is C27H53NO3. The van der Waals surface area contributed by atoms with Crippen molar-refractivity contribution in [1.29, 1.82) is 0 Å². The van der Waals surface area contributed by atoms with E-state index in [9.17, 15) is 14.7 Å². The van der Waals surface area contributed by atoms with Gasteiger partial charge in [0.2, 0.25) is 0 Å². The molecule has 0 radical (unpaired) electrons. The van der Waals surface area contributed by atoms with Gasteiger partial charge in [0.05, 0.1) is 13.1 Å². The lowest BCUT2D eigenvalue weighted by atomic mass is 9.98. The lowest BCUT2D eigenvalue weighted by molar-refractivity contribution is -0.139. The van der Waals surface area contributed by atoms with Crippen molar-refractivity contribution in [2.75, 3.05) is 13.1 Å². The van der Waals surface area contributed by atoms with Gasteiger partial charge in [-0.1, -0.05) is 129 Å². The lowest BCUT2D eigenvalue weighted by Gasteiger charge is -2.29. The van der Waals surface area contributed by atoms with Crippen LogP contribution in [0, 0.1) is 0 Å². The third kappa shape index (κ3) is 20.7. The Morgan fingerprint density at radius 1 is 0.677 bits per heavy atom. The Hall–Kier alpha value is -0.900. The zero-order chi connectivity index (χ0) is 23.0. The molecule has 0 rings (SSSR count). The fraction of sp³-hybridized carbons (Fsp3) is 0.926. The number of carbonyl (C=O) groups excluding carboxylic acids is 1. The molecule has 0 aliphatic heterocycles. The van der Waals surface area contributed by atoms with Gasteiger partial charge in [-0.15, -0.1) is 0 Å². The van der Waals surface area contributed by atoms with Crippen LogP contribution in [-0.2, 0) is 9.59 Å². The highest BCUT2D eigenvalue weighted by Crippen LogP contribution is 2.19. The van der Waals surface area contributed by atoms with Gasteiger partial charge < -0.3 is 9.90 Å². The molecule has 0 aromatic rings. The SMILES string of the molecule is CCCCCCCCCCCC(CCCCCCCCCCC)N(CC=O)CC(=O)O. The van der Waals surface area contributed by atoms with Crippen LogP contribution in [0.3, 0.4) is 0 Å². The smallest absolute Gasteiger partial charge is 0.317 e. The maximum Gasteiger partial charge on any atom is 0.317 e. The molecule has 0 aromatic carbocycles. The summed E-state index contributed by atoms with van der Waals surface area (Å²) < 4.78 is 0. The predicted molar refractivity (Wildman–Crippen MR) is 133 cm³/mol. The standard InChI is InChI=1S/C27H53NO3/c1-3-5-7-9-11-13-15-17-19-21-26(28(23-24-29)25-27(30)31)22-20-18-16-14-12-10-8-6-4-2/h24,26H,3-23,25H2,1-2H3,(H,30,31). The van der Waals surface area contributed by atoms with Gasteiger partial charge in [0.15, 0.2) is 0 Å². The third-order valence-corrected chi connectivity index (χ3v) is 6.45. The second-order valence-electron chi connectivity index (χ2n) is 9.38. The molecule has 0 aromatic heterocycles. The number of rotatable bonds is 25. The number of carboxylic acid groups (broad SMARTS) is 1. The number of nitrogens with zero attached hydrogens (tertiary/aromatic N) is 1. The molecule has 0 atom stereocenters. The van der Waals surface area contributed by atoms with Crippen molar-refractivity contribution >= 4 is 12.3 Å². The number of aldehydes is 1. The van der Waals surface area contributed by atoms with Crippen molar-refractivity contribution in [2.24, 2.45) is 0 Å². The van der Waals surface area contributed by atoms with Crippen LogP contribution in [0.2, 0.25) is 0 Å². The highest BCUT2D eigenvalue weighted by Gasteiger charge is 2.20. The molecule has 0 aliphatic rings. The largest absolute Gasteiger partial charge is 0.480 e. The summed E-state index contributed by atoms with van der Waals surface area (Å²) in [4.78, 5) is 24.3. The number of carboxylic acids is 1. The van der Waals surface area contributed by atoms with E-state index < -0.39 is 5.97 Å². The maximum atomic E-state index is 11.3. The van der Waals surface area contributed by atoms with Crippen LogP contribution in [0.5, 0.6) is 0 Å². The van der Waals surface area contributed by atoms with Crippen LogP contribution in [-0.4, -0.2) is 41.4 Å². The predicted octanol–water partition coefficient (Wildman–Crippen LogP) is 7.78. The van der Waals surface area contributed by atoms with Crippen molar-refractivity contribution in [3.8, 4) is 0 Å². The van der Waals surface area contributed by atoms with E-state index >= 15 is 0 Å². The van der Waals surface area contributed by atoms with E-state index in [1.54, 1.807) is 0 Å². The van der Waals surface area contributed by atoms with Crippen molar-refractivity contribution in [2.45, 2.75) is 148 Å². The number of aliphatic carboxylic acids is 1. The number of unbranched alkanes of at least 4 members (excludes halogenated alkanes) is 16. The first-order valence-electron chi connectivity index (χ1n) is 13.5. The monoisotopic (exact) mass is 439 g/mol. The van der Waals surface area contributed by atoms with Crippen molar-refractivity contribution in [1.82, 2.24) is 4.90 Å².